The van der Waals surface area contributed by atoms with Gasteiger partial charge in [-0.15, -0.1) is 24.0 Å². The summed E-state index contributed by atoms with van der Waals surface area (Å²) in [6.45, 7) is 8.96. The third kappa shape index (κ3) is 7.50. The van der Waals surface area contributed by atoms with Gasteiger partial charge in [0, 0.05) is 38.1 Å². The van der Waals surface area contributed by atoms with Gasteiger partial charge in [0.25, 0.3) is 0 Å². The van der Waals surface area contributed by atoms with Crippen LogP contribution in [0.3, 0.4) is 0 Å². The van der Waals surface area contributed by atoms with E-state index in [0.29, 0.717) is 6.04 Å². The lowest BCUT2D eigenvalue weighted by molar-refractivity contribution is -0.0971. The first kappa shape index (κ1) is 22.2. The van der Waals surface area contributed by atoms with Crippen molar-refractivity contribution in [2.75, 3.05) is 40.4 Å². The molecule has 25 heavy (non-hydrogen) atoms. The second-order valence-electron chi connectivity index (χ2n) is 7.19. The number of guanidine groups is 1. The Kier molecular flexibility index (Phi) is 9.74. The summed E-state index contributed by atoms with van der Waals surface area (Å²) in [6, 6.07) is 11.1. The van der Waals surface area contributed by atoms with Crippen LogP contribution in [0.4, 0.5) is 0 Å². The Bertz CT molecular complexity index is 519. The predicted octanol–water partition coefficient (Wildman–Crippen LogP) is 2.72. The number of benzene rings is 1. The lowest BCUT2D eigenvalue weighted by atomic mass is 9.89. The molecule has 2 rings (SSSR count). The average Bonchev–Trinajstić information content (AvgIpc) is 2.56. The zero-order valence-corrected chi connectivity index (χ0v) is 18.2. The van der Waals surface area contributed by atoms with Crippen molar-refractivity contribution in [3.05, 3.63) is 35.9 Å². The first-order valence-electron chi connectivity index (χ1n) is 8.79. The lowest BCUT2D eigenvalue weighted by Gasteiger charge is -2.38. The molecule has 1 unspecified atom stereocenters. The number of rotatable bonds is 8. The summed E-state index contributed by atoms with van der Waals surface area (Å²) in [7, 11) is 4.00. The molecule has 0 saturated carbocycles. The van der Waals surface area contributed by atoms with E-state index in [4.69, 9.17) is 4.74 Å². The van der Waals surface area contributed by atoms with Crippen LogP contribution in [0.5, 0.6) is 0 Å². The molecular formula is C19H33IN4O. The van der Waals surface area contributed by atoms with Crippen LogP contribution in [-0.4, -0.2) is 57.3 Å². The number of ether oxygens (including phenoxy) is 1. The predicted molar refractivity (Wildman–Crippen MR) is 116 cm³/mol. The van der Waals surface area contributed by atoms with Crippen LogP contribution in [-0.2, 0) is 11.3 Å². The van der Waals surface area contributed by atoms with Gasteiger partial charge in [-0.05, 0) is 26.0 Å². The van der Waals surface area contributed by atoms with E-state index in [9.17, 15) is 0 Å². The van der Waals surface area contributed by atoms with Crippen molar-refractivity contribution in [3.8, 4) is 0 Å². The average molecular weight is 460 g/mol. The highest BCUT2D eigenvalue weighted by molar-refractivity contribution is 14.0. The Morgan fingerprint density at radius 2 is 1.96 bits per heavy atom. The summed E-state index contributed by atoms with van der Waals surface area (Å²) in [6.07, 6.45) is 1.07. The van der Waals surface area contributed by atoms with Gasteiger partial charge in [0.05, 0.1) is 13.2 Å². The van der Waals surface area contributed by atoms with Gasteiger partial charge in [-0.3, -0.25) is 9.89 Å². The Morgan fingerprint density at radius 1 is 1.28 bits per heavy atom. The van der Waals surface area contributed by atoms with Gasteiger partial charge in [-0.2, -0.15) is 0 Å². The van der Waals surface area contributed by atoms with Gasteiger partial charge in [-0.1, -0.05) is 37.3 Å². The molecule has 1 aliphatic rings. The van der Waals surface area contributed by atoms with E-state index in [1.54, 1.807) is 0 Å². The van der Waals surface area contributed by atoms with Crippen molar-refractivity contribution in [1.29, 1.82) is 0 Å². The second kappa shape index (κ2) is 11.0. The van der Waals surface area contributed by atoms with Crippen molar-refractivity contribution in [3.63, 3.8) is 0 Å². The molecule has 0 bridgehead atoms. The summed E-state index contributed by atoms with van der Waals surface area (Å²) >= 11 is 0. The Balaban J connectivity index is 0.00000312. The number of halogens is 1. The number of nitrogens with zero attached hydrogens (tertiary/aromatic N) is 2. The molecule has 2 N–H and O–H groups in total. The van der Waals surface area contributed by atoms with Gasteiger partial charge in [0.2, 0.25) is 0 Å². The largest absolute Gasteiger partial charge is 0.380 e. The fourth-order valence-corrected chi connectivity index (χ4v) is 2.72. The van der Waals surface area contributed by atoms with E-state index in [2.05, 4.69) is 71.8 Å². The SMILES string of the molecule is CN=C(NCCC(C)N(C)Cc1ccccc1)NCC1(C)COC1.I. The van der Waals surface area contributed by atoms with Gasteiger partial charge in [0.1, 0.15) is 0 Å². The van der Waals surface area contributed by atoms with Crippen LogP contribution in [0.1, 0.15) is 25.8 Å². The molecule has 1 aromatic carbocycles. The van der Waals surface area contributed by atoms with Crippen molar-refractivity contribution in [2.45, 2.75) is 32.9 Å². The number of aliphatic imine (C=N–C) groups is 1. The summed E-state index contributed by atoms with van der Waals surface area (Å²) < 4.78 is 5.29. The molecule has 142 valence electrons. The lowest BCUT2D eigenvalue weighted by Crippen LogP contribution is -2.51. The van der Waals surface area contributed by atoms with Crippen LogP contribution in [0.15, 0.2) is 35.3 Å². The van der Waals surface area contributed by atoms with Crippen LogP contribution >= 0.6 is 24.0 Å². The molecule has 0 radical (unpaired) electrons. The van der Waals surface area contributed by atoms with Crippen molar-refractivity contribution in [1.82, 2.24) is 15.5 Å². The number of hydrogen-bond donors (Lipinski definition) is 2. The number of hydrogen-bond acceptors (Lipinski definition) is 3. The van der Waals surface area contributed by atoms with Gasteiger partial charge < -0.3 is 15.4 Å². The highest BCUT2D eigenvalue weighted by atomic mass is 127. The van der Waals surface area contributed by atoms with Crippen LogP contribution in [0.25, 0.3) is 0 Å². The maximum absolute atomic E-state index is 5.29. The quantitative estimate of drug-likeness (QED) is 0.356. The molecule has 0 amide bonds. The first-order valence-corrected chi connectivity index (χ1v) is 8.79. The van der Waals surface area contributed by atoms with Gasteiger partial charge in [-0.25, -0.2) is 0 Å². The second-order valence-corrected chi connectivity index (χ2v) is 7.19. The van der Waals surface area contributed by atoms with Crippen molar-refractivity contribution < 1.29 is 4.74 Å². The minimum absolute atomic E-state index is 0. The molecule has 1 fully saturated rings. The summed E-state index contributed by atoms with van der Waals surface area (Å²) in [4.78, 5) is 6.69. The van der Waals surface area contributed by atoms with E-state index < -0.39 is 0 Å². The normalized spacial score (nSPS) is 17.4. The number of nitrogens with one attached hydrogen (secondary N) is 2. The fourth-order valence-electron chi connectivity index (χ4n) is 2.72. The van der Waals surface area contributed by atoms with E-state index in [1.165, 1.54) is 5.56 Å². The minimum atomic E-state index is 0. The molecule has 1 saturated heterocycles. The Labute approximate surface area is 169 Å². The molecule has 5 nitrogen and oxygen atoms in total. The van der Waals surface area contributed by atoms with Crippen molar-refractivity contribution >= 4 is 29.9 Å². The molecular weight excluding hydrogens is 427 g/mol. The Hall–Kier alpha value is -0.860. The summed E-state index contributed by atoms with van der Waals surface area (Å²) in [5.74, 6) is 0.876. The summed E-state index contributed by atoms with van der Waals surface area (Å²) in [5.41, 5.74) is 1.61. The first-order chi connectivity index (χ1) is 11.5. The molecule has 0 spiro atoms. The van der Waals surface area contributed by atoms with Gasteiger partial charge in [0.15, 0.2) is 5.96 Å². The molecule has 1 heterocycles. The topological polar surface area (TPSA) is 48.9 Å². The monoisotopic (exact) mass is 460 g/mol. The molecule has 1 aromatic rings. The van der Waals surface area contributed by atoms with E-state index >= 15 is 0 Å². The highest BCUT2D eigenvalue weighted by Gasteiger charge is 2.33. The molecule has 0 aromatic heterocycles. The highest BCUT2D eigenvalue weighted by Crippen LogP contribution is 2.24. The van der Waals surface area contributed by atoms with Crippen LogP contribution < -0.4 is 10.6 Å². The maximum atomic E-state index is 5.29. The van der Waals surface area contributed by atoms with Crippen molar-refractivity contribution in [2.24, 2.45) is 10.4 Å². The third-order valence-corrected chi connectivity index (χ3v) is 4.69. The van der Waals surface area contributed by atoms with E-state index in [0.717, 1.165) is 45.2 Å². The standard InChI is InChI=1S/C19H32N4O.HI/c1-16(23(4)12-17-8-6-5-7-9-17)10-11-21-18(20-3)22-13-19(2)14-24-15-19;/h5-9,16H,10-15H2,1-4H3,(H2,20,21,22);1H. The molecule has 0 aliphatic carbocycles. The third-order valence-electron chi connectivity index (χ3n) is 4.69. The van der Waals surface area contributed by atoms with Crippen LogP contribution in [0.2, 0.25) is 0 Å². The zero-order chi connectivity index (χ0) is 17.4. The zero-order valence-electron chi connectivity index (χ0n) is 15.9. The summed E-state index contributed by atoms with van der Waals surface area (Å²) in [5, 5.41) is 6.81. The van der Waals surface area contributed by atoms with Crippen LogP contribution in [0, 0.1) is 5.41 Å². The minimum Gasteiger partial charge on any atom is -0.380 e. The maximum Gasteiger partial charge on any atom is 0.191 e. The van der Waals surface area contributed by atoms with Gasteiger partial charge >= 0.3 is 0 Å². The fraction of sp³-hybridized carbons (Fsp3) is 0.632. The Morgan fingerprint density at radius 3 is 2.52 bits per heavy atom. The smallest absolute Gasteiger partial charge is 0.191 e. The van der Waals surface area contributed by atoms with E-state index in [1.807, 2.05) is 7.05 Å². The molecule has 1 aliphatic heterocycles. The molecule has 6 heteroatoms. The van der Waals surface area contributed by atoms with E-state index in [-0.39, 0.29) is 29.4 Å². The molecule has 1 atom stereocenters.